The van der Waals surface area contributed by atoms with Gasteiger partial charge in [0.05, 0.1) is 18.7 Å². The summed E-state index contributed by atoms with van der Waals surface area (Å²) in [6.45, 7) is 2.42. The maximum absolute atomic E-state index is 12.4. The molecule has 1 aliphatic heterocycles. The molecule has 1 aromatic heterocycles. The minimum Gasteiger partial charge on any atom is -0.378 e. The van der Waals surface area contributed by atoms with Crippen LogP contribution in [0.3, 0.4) is 0 Å². The average Bonchev–Trinajstić information content (AvgIpc) is 2.54. The number of pyridine rings is 1. The van der Waals surface area contributed by atoms with Crippen molar-refractivity contribution in [3.63, 3.8) is 0 Å². The van der Waals surface area contributed by atoms with E-state index in [9.17, 15) is 9.59 Å². The molecule has 0 saturated carbocycles. The Balaban J connectivity index is 1.92. The Morgan fingerprint density at radius 2 is 2.00 bits per heavy atom. The number of aromatic nitrogens is 1. The summed E-state index contributed by atoms with van der Waals surface area (Å²) < 4.78 is 5.24. The predicted molar refractivity (Wildman–Crippen MR) is 73.9 cm³/mol. The first-order valence-corrected chi connectivity index (χ1v) is 6.51. The van der Waals surface area contributed by atoms with E-state index in [4.69, 9.17) is 4.74 Å². The van der Waals surface area contributed by atoms with Crippen molar-refractivity contribution in [1.82, 2.24) is 9.88 Å². The van der Waals surface area contributed by atoms with Gasteiger partial charge in [-0.15, -0.1) is 0 Å². The van der Waals surface area contributed by atoms with Crippen LogP contribution in [0.1, 0.15) is 20.8 Å². The third-order valence-corrected chi connectivity index (χ3v) is 3.38. The lowest BCUT2D eigenvalue weighted by molar-refractivity contribution is 0.0303. The van der Waals surface area contributed by atoms with E-state index in [0.29, 0.717) is 49.4 Å². The molecule has 5 nitrogen and oxygen atoms in total. The van der Waals surface area contributed by atoms with E-state index < -0.39 is 0 Å². The molecule has 0 unspecified atom stereocenters. The monoisotopic (exact) mass is 270 g/mol. The molecule has 0 spiro atoms. The minimum atomic E-state index is 0.00895. The highest BCUT2D eigenvalue weighted by Gasteiger charge is 2.18. The number of rotatable bonds is 2. The third kappa shape index (κ3) is 2.40. The summed E-state index contributed by atoms with van der Waals surface area (Å²) >= 11 is 0. The van der Waals surface area contributed by atoms with Gasteiger partial charge in [0.2, 0.25) is 0 Å². The lowest BCUT2D eigenvalue weighted by Gasteiger charge is -2.26. The summed E-state index contributed by atoms with van der Waals surface area (Å²) in [7, 11) is 0. The van der Waals surface area contributed by atoms with Gasteiger partial charge in [-0.3, -0.25) is 9.59 Å². The van der Waals surface area contributed by atoms with Gasteiger partial charge in [0.25, 0.3) is 5.91 Å². The van der Waals surface area contributed by atoms with E-state index in [0.717, 1.165) is 5.39 Å². The number of carbonyl (C=O) groups is 2. The quantitative estimate of drug-likeness (QED) is 0.776. The summed E-state index contributed by atoms with van der Waals surface area (Å²) in [5.74, 6) is 0.00895. The Morgan fingerprint density at radius 1 is 1.20 bits per heavy atom. The van der Waals surface area contributed by atoms with Crippen molar-refractivity contribution in [1.29, 1.82) is 0 Å². The standard InChI is InChI=1S/C15H14N2O3/c18-10-13-3-1-11-9-12(2-4-14(11)16-13)15(19)17-5-7-20-8-6-17/h1-4,9-10H,5-8H2. The van der Waals surface area contributed by atoms with E-state index in [1.807, 2.05) is 12.1 Å². The summed E-state index contributed by atoms with van der Waals surface area (Å²) in [4.78, 5) is 29.0. The van der Waals surface area contributed by atoms with Gasteiger partial charge < -0.3 is 9.64 Å². The Hall–Kier alpha value is -2.27. The van der Waals surface area contributed by atoms with Gasteiger partial charge in [0.15, 0.2) is 6.29 Å². The molecule has 2 aromatic rings. The highest BCUT2D eigenvalue weighted by Crippen LogP contribution is 2.16. The van der Waals surface area contributed by atoms with E-state index in [-0.39, 0.29) is 5.91 Å². The summed E-state index contributed by atoms with van der Waals surface area (Å²) in [6, 6.07) is 8.80. The van der Waals surface area contributed by atoms with E-state index in [1.54, 1.807) is 23.1 Å². The molecule has 1 fully saturated rings. The smallest absolute Gasteiger partial charge is 0.254 e. The highest BCUT2D eigenvalue weighted by molar-refractivity contribution is 5.98. The maximum Gasteiger partial charge on any atom is 0.254 e. The normalized spacial score (nSPS) is 15.3. The SMILES string of the molecule is O=Cc1ccc2cc(C(=O)N3CCOCC3)ccc2n1. The Morgan fingerprint density at radius 3 is 2.75 bits per heavy atom. The van der Waals surface area contributed by atoms with Crippen molar-refractivity contribution in [2.45, 2.75) is 0 Å². The minimum absolute atomic E-state index is 0.00895. The number of hydrogen-bond donors (Lipinski definition) is 0. The molecule has 102 valence electrons. The number of nitrogens with zero attached hydrogens (tertiary/aromatic N) is 2. The van der Waals surface area contributed by atoms with Crippen LogP contribution in [0.4, 0.5) is 0 Å². The number of morpholine rings is 1. The summed E-state index contributed by atoms with van der Waals surface area (Å²) in [5, 5.41) is 0.856. The number of benzene rings is 1. The molecule has 2 heterocycles. The van der Waals surface area contributed by atoms with Crippen LogP contribution in [-0.2, 0) is 4.74 Å². The number of carbonyl (C=O) groups excluding carboxylic acids is 2. The summed E-state index contributed by atoms with van der Waals surface area (Å²) in [5.41, 5.74) is 1.75. The largest absolute Gasteiger partial charge is 0.378 e. The van der Waals surface area contributed by atoms with E-state index in [2.05, 4.69) is 4.98 Å². The number of amides is 1. The lowest BCUT2D eigenvalue weighted by atomic mass is 10.1. The van der Waals surface area contributed by atoms with Gasteiger partial charge in [-0.1, -0.05) is 6.07 Å². The predicted octanol–water partition coefficient (Wildman–Crippen LogP) is 1.52. The molecular formula is C15H14N2O3. The van der Waals surface area contributed by atoms with Crippen molar-refractivity contribution < 1.29 is 14.3 Å². The number of hydrogen-bond acceptors (Lipinski definition) is 4. The van der Waals surface area contributed by atoms with Crippen LogP contribution < -0.4 is 0 Å². The van der Waals surface area contributed by atoms with Crippen molar-refractivity contribution >= 4 is 23.1 Å². The Labute approximate surface area is 116 Å². The Kier molecular flexibility index (Phi) is 3.43. The molecule has 1 amide bonds. The van der Waals surface area contributed by atoms with Crippen LogP contribution in [0.15, 0.2) is 30.3 Å². The van der Waals surface area contributed by atoms with Gasteiger partial charge in [0.1, 0.15) is 5.69 Å². The average molecular weight is 270 g/mol. The second-order valence-corrected chi connectivity index (χ2v) is 4.67. The Bertz CT molecular complexity index is 663. The van der Waals surface area contributed by atoms with Gasteiger partial charge in [-0.05, 0) is 24.3 Å². The molecule has 0 aliphatic carbocycles. The fourth-order valence-corrected chi connectivity index (χ4v) is 2.29. The van der Waals surface area contributed by atoms with Crippen molar-refractivity contribution in [3.05, 3.63) is 41.6 Å². The van der Waals surface area contributed by atoms with Gasteiger partial charge in [0, 0.05) is 24.0 Å². The molecule has 1 aliphatic rings. The van der Waals surface area contributed by atoms with Crippen LogP contribution in [0.2, 0.25) is 0 Å². The van der Waals surface area contributed by atoms with Crippen molar-refractivity contribution in [3.8, 4) is 0 Å². The molecule has 0 atom stereocenters. The lowest BCUT2D eigenvalue weighted by Crippen LogP contribution is -2.40. The molecule has 0 bridgehead atoms. The first-order chi connectivity index (χ1) is 9.78. The van der Waals surface area contributed by atoms with Crippen molar-refractivity contribution in [2.24, 2.45) is 0 Å². The van der Waals surface area contributed by atoms with Crippen molar-refractivity contribution in [2.75, 3.05) is 26.3 Å². The molecule has 3 rings (SSSR count). The van der Waals surface area contributed by atoms with Crippen LogP contribution in [0.25, 0.3) is 10.9 Å². The van der Waals surface area contributed by atoms with Crippen LogP contribution in [-0.4, -0.2) is 48.4 Å². The topological polar surface area (TPSA) is 59.5 Å². The fourth-order valence-electron chi connectivity index (χ4n) is 2.29. The molecule has 5 heteroatoms. The third-order valence-electron chi connectivity index (χ3n) is 3.38. The molecule has 0 radical (unpaired) electrons. The number of fused-ring (bicyclic) bond motifs is 1. The highest BCUT2D eigenvalue weighted by atomic mass is 16.5. The zero-order chi connectivity index (χ0) is 13.9. The zero-order valence-electron chi connectivity index (χ0n) is 10.9. The van der Waals surface area contributed by atoms with Crippen LogP contribution >= 0.6 is 0 Å². The van der Waals surface area contributed by atoms with Gasteiger partial charge in [-0.25, -0.2) is 4.98 Å². The fraction of sp³-hybridized carbons (Fsp3) is 0.267. The molecule has 1 aromatic carbocycles. The second-order valence-electron chi connectivity index (χ2n) is 4.67. The molecule has 1 saturated heterocycles. The van der Waals surface area contributed by atoms with Gasteiger partial charge in [-0.2, -0.15) is 0 Å². The van der Waals surface area contributed by atoms with E-state index >= 15 is 0 Å². The van der Waals surface area contributed by atoms with Crippen LogP contribution in [0, 0.1) is 0 Å². The van der Waals surface area contributed by atoms with E-state index in [1.165, 1.54) is 0 Å². The van der Waals surface area contributed by atoms with Crippen LogP contribution in [0.5, 0.6) is 0 Å². The zero-order valence-corrected chi connectivity index (χ0v) is 10.9. The summed E-state index contributed by atoms with van der Waals surface area (Å²) in [6.07, 6.45) is 0.715. The number of aldehydes is 1. The second kappa shape index (κ2) is 5.38. The molecular weight excluding hydrogens is 256 g/mol. The first kappa shape index (κ1) is 12.7. The first-order valence-electron chi connectivity index (χ1n) is 6.51. The molecule has 0 N–H and O–H groups in total. The number of ether oxygens (including phenoxy) is 1. The molecule has 20 heavy (non-hydrogen) atoms. The maximum atomic E-state index is 12.4. The van der Waals surface area contributed by atoms with Gasteiger partial charge >= 0.3 is 0 Å².